The van der Waals surface area contributed by atoms with Crippen LogP contribution in [0.4, 0.5) is 0 Å². The summed E-state index contributed by atoms with van der Waals surface area (Å²) >= 11 is 0. The van der Waals surface area contributed by atoms with E-state index >= 15 is 0 Å². The summed E-state index contributed by atoms with van der Waals surface area (Å²) in [5.74, 6) is 1.30. The molecular weight excluding hydrogens is 286 g/mol. The second-order valence-corrected chi connectivity index (χ2v) is 7.68. The average Bonchev–Trinajstić information content (AvgIpc) is 3.21. The lowest BCUT2D eigenvalue weighted by Gasteiger charge is -2.54. The van der Waals surface area contributed by atoms with Gasteiger partial charge in [-0.05, 0) is 39.0 Å². The van der Waals surface area contributed by atoms with E-state index in [1.54, 1.807) is 0 Å². The number of nitrogens with zero attached hydrogens (tertiary/aromatic N) is 2. The first kappa shape index (κ1) is 15.6. The Kier molecular flexibility index (Phi) is 4.46. The highest BCUT2D eigenvalue weighted by Gasteiger charge is 2.56. The maximum absolute atomic E-state index is 6.01. The van der Waals surface area contributed by atoms with Crippen LogP contribution in [0.5, 0.6) is 0 Å². The third kappa shape index (κ3) is 2.85. The van der Waals surface area contributed by atoms with Gasteiger partial charge in [0.05, 0.1) is 11.8 Å². The van der Waals surface area contributed by atoms with Crippen molar-refractivity contribution in [3.05, 3.63) is 17.7 Å². The summed E-state index contributed by atoms with van der Waals surface area (Å²) in [7, 11) is 0. The fourth-order valence-electron chi connectivity index (χ4n) is 5.14. The van der Waals surface area contributed by atoms with Gasteiger partial charge in [0.25, 0.3) is 0 Å². The van der Waals surface area contributed by atoms with Crippen molar-refractivity contribution >= 4 is 0 Å². The highest BCUT2D eigenvalue weighted by molar-refractivity contribution is 5.11. The molecule has 0 bridgehead atoms. The maximum Gasteiger partial charge on any atom is 0.108 e. The number of nitrogens with one attached hydrogen (secondary N) is 1. The Hall–Kier alpha value is -0.870. The zero-order valence-electron chi connectivity index (χ0n) is 14.5. The minimum atomic E-state index is 0.448. The van der Waals surface area contributed by atoms with Gasteiger partial charge in [0.15, 0.2) is 0 Å². The van der Waals surface area contributed by atoms with E-state index in [9.17, 15) is 0 Å². The molecule has 0 unspecified atom stereocenters. The van der Waals surface area contributed by atoms with E-state index in [2.05, 4.69) is 23.0 Å². The van der Waals surface area contributed by atoms with E-state index in [0.29, 0.717) is 17.6 Å². The third-order valence-electron chi connectivity index (χ3n) is 6.42. The molecule has 1 spiro atoms. The molecule has 2 fully saturated rings. The molecule has 4 rings (SSSR count). The molecule has 2 aliphatic carbocycles. The van der Waals surface area contributed by atoms with Gasteiger partial charge in [-0.2, -0.15) is 0 Å². The van der Waals surface area contributed by atoms with E-state index in [4.69, 9.17) is 9.72 Å². The average molecular weight is 317 g/mol. The fraction of sp³-hybridized carbons (Fsp3) is 0.842. The third-order valence-corrected chi connectivity index (χ3v) is 6.42. The Morgan fingerprint density at radius 1 is 1.30 bits per heavy atom. The number of hydrogen-bond acceptors (Lipinski definition) is 3. The zero-order chi connectivity index (χ0) is 15.7. The zero-order valence-corrected chi connectivity index (χ0v) is 14.5. The van der Waals surface area contributed by atoms with Crippen LogP contribution in [0.15, 0.2) is 6.20 Å². The van der Waals surface area contributed by atoms with Gasteiger partial charge >= 0.3 is 0 Å². The summed E-state index contributed by atoms with van der Waals surface area (Å²) < 4.78 is 8.38. The first-order chi connectivity index (χ1) is 11.3. The lowest BCUT2D eigenvalue weighted by Crippen LogP contribution is -2.62. The van der Waals surface area contributed by atoms with Crippen LogP contribution in [0, 0.1) is 5.41 Å². The molecule has 0 aromatic carbocycles. The van der Waals surface area contributed by atoms with Crippen LogP contribution in [0.25, 0.3) is 0 Å². The van der Waals surface area contributed by atoms with Crippen LogP contribution in [0.2, 0.25) is 0 Å². The van der Waals surface area contributed by atoms with Gasteiger partial charge in [0.1, 0.15) is 5.82 Å². The first-order valence-corrected chi connectivity index (χ1v) is 9.72. The quantitative estimate of drug-likeness (QED) is 0.876. The molecule has 1 aliphatic heterocycles. The summed E-state index contributed by atoms with van der Waals surface area (Å²) in [6, 6.07) is 0.666. The van der Waals surface area contributed by atoms with Crippen molar-refractivity contribution in [2.24, 2.45) is 5.41 Å². The Bertz CT molecular complexity index is 509. The highest BCUT2D eigenvalue weighted by atomic mass is 16.5. The molecule has 4 heteroatoms. The molecular formula is C19H31N3O. The van der Waals surface area contributed by atoms with Crippen molar-refractivity contribution in [3.63, 3.8) is 0 Å². The summed E-state index contributed by atoms with van der Waals surface area (Å²) in [6.07, 6.45) is 14.3. The summed E-state index contributed by atoms with van der Waals surface area (Å²) in [6.45, 7) is 5.21. The van der Waals surface area contributed by atoms with Gasteiger partial charge in [-0.25, -0.2) is 4.98 Å². The standard InChI is InChI=1S/C19H31N3O/c1-2-23-17-13-16(19(17)9-4-5-10-19)20-11-8-15-14-22-12-6-3-7-18(22)21-15/h14,16-17,20H,2-13H2,1H3/t16-,17-/m1/s1. The number of fused-ring (bicyclic) bond motifs is 1. The smallest absolute Gasteiger partial charge is 0.108 e. The van der Waals surface area contributed by atoms with Crippen LogP contribution < -0.4 is 5.32 Å². The molecule has 128 valence electrons. The molecule has 2 heterocycles. The number of imidazole rings is 1. The first-order valence-electron chi connectivity index (χ1n) is 9.72. The van der Waals surface area contributed by atoms with E-state index < -0.39 is 0 Å². The van der Waals surface area contributed by atoms with E-state index in [1.165, 1.54) is 56.5 Å². The fourth-order valence-corrected chi connectivity index (χ4v) is 5.14. The molecule has 2 saturated carbocycles. The second kappa shape index (κ2) is 6.56. The summed E-state index contributed by atoms with van der Waals surface area (Å²) in [5.41, 5.74) is 1.72. The van der Waals surface area contributed by atoms with Crippen molar-refractivity contribution in [1.82, 2.24) is 14.9 Å². The van der Waals surface area contributed by atoms with Gasteiger partial charge in [-0.1, -0.05) is 12.8 Å². The van der Waals surface area contributed by atoms with Gasteiger partial charge in [0.2, 0.25) is 0 Å². The highest BCUT2D eigenvalue weighted by Crippen LogP contribution is 2.54. The van der Waals surface area contributed by atoms with Crippen molar-refractivity contribution in [2.45, 2.75) is 83.4 Å². The number of aromatic nitrogens is 2. The number of rotatable bonds is 6. The van der Waals surface area contributed by atoms with Crippen LogP contribution >= 0.6 is 0 Å². The van der Waals surface area contributed by atoms with Crippen molar-refractivity contribution in [2.75, 3.05) is 13.2 Å². The second-order valence-electron chi connectivity index (χ2n) is 7.68. The minimum Gasteiger partial charge on any atom is -0.378 e. The van der Waals surface area contributed by atoms with Crippen LogP contribution in [-0.4, -0.2) is 34.8 Å². The monoisotopic (exact) mass is 317 g/mol. The number of aryl methyl sites for hydroxylation is 2. The molecule has 23 heavy (non-hydrogen) atoms. The lowest BCUT2D eigenvalue weighted by molar-refractivity contribution is -0.130. The summed E-state index contributed by atoms with van der Waals surface area (Å²) in [5, 5.41) is 3.84. The Labute approximate surface area is 140 Å². The molecule has 4 nitrogen and oxygen atoms in total. The Morgan fingerprint density at radius 2 is 2.17 bits per heavy atom. The Balaban J connectivity index is 1.30. The van der Waals surface area contributed by atoms with Gasteiger partial charge in [0, 0.05) is 50.2 Å². The largest absolute Gasteiger partial charge is 0.378 e. The maximum atomic E-state index is 6.01. The van der Waals surface area contributed by atoms with E-state index in [1.807, 2.05) is 0 Å². The lowest BCUT2D eigenvalue weighted by atomic mass is 9.60. The van der Waals surface area contributed by atoms with Gasteiger partial charge in [-0.3, -0.25) is 0 Å². The topological polar surface area (TPSA) is 39.1 Å². The van der Waals surface area contributed by atoms with E-state index in [0.717, 1.165) is 32.5 Å². The van der Waals surface area contributed by atoms with Gasteiger partial charge < -0.3 is 14.6 Å². The predicted molar refractivity (Wildman–Crippen MR) is 91.6 cm³/mol. The SMILES string of the molecule is CCO[C@@H]1C[C@@H](NCCc2cn3c(n2)CCCC3)C12CCCC2. The molecule has 1 aromatic rings. The molecule has 1 aromatic heterocycles. The molecule has 1 N–H and O–H groups in total. The van der Waals surface area contributed by atoms with Crippen LogP contribution in [0.1, 0.15) is 63.4 Å². The minimum absolute atomic E-state index is 0.448. The number of hydrogen-bond donors (Lipinski definition) is 1. The molecule has 0 saturated heterocycles. The molecule has 0 amide bonds. The molecule has 3 aliphatic rings. The summed E-state index contributed by atoms with van der Waals surface area (Å²) in [4.78, 5) is 4.82. The van der Waals surface area contributed by atoms with E-state index in [-0.39, 0.29) is 0 Å². The van der Waals surface area contributed by atoms with Crippen LogP contribution in [-0.2, 0) is 24.1 Å². The molecule has 0 radical (unpaired) electrons. The predicted octanol–water partition coefficient (Wildman–Crippen LogP) is 3.09. The Morgan fingerprint density at radius 3 is 2.96 bits per heavy atom. The number of ether oxygens (including phenoxy) is 1. The van der Waals surface area contributed by atoms with Crippen molar-refractivity contribution in [1.29, 1.82) is 0 Å². The van der Waals surface area contributed by atoms with Crippen molar-refractivity contribution in [3.8, 4) is 0 Å². The van der Waals surface area contributed by atoms with Gasteiger partial charge in [-0.15, -0.1) is 0 Å². The normalized spacial score (nSPS) is 28.7. The molecule has 2 atom stereocenters. The van der Waals surface area contributed by atoms with Crippen molar-refractivity contribution < 1.29 is 4.74 Å². The van der Waals surface area contributed by atoms with Crippen LogP contribution in [0.3, 0.4) is 0 Å².